The Kier molecular flexibility index (Phi) is 5.55. The Bertz CT molecular complexity index is 1510. The second kappa shape index (κ2) is 8.67. The largest absolute Gasteiger partial charge is 0.355 e. The summed E-state index contributed by atoms with van der Waals surface area (Å²) in [5.41, 5.74) is 1.47. The molecule has 0 atom stereocenters. The lowest BCUT2D eigenvalue weighted by atomic mass is 10.2. The van der Waals surface area contributed by atoms with Gasteiger partial charge in [-0.3, -0.25) is 13.9 Å². The van der Waals surface area contributed by atoms with Gasteiger partial charge in [0.2, 0.25) is 0 Å². The second-order valence-electron chi connectivity index (χ2n) is 8.37. The van der Waals surface area contributed by atoms with Gasteiger partial charge in [-0.25, -0.2) is 9.78 Å². The summed E-state index contributed by atoms with van der Waals surface area (Å²) in [5, 5.41) is 6.06. The third kappa shape index (κ3) is 4.07. The summed E-state index contributed by atoms with van der Waals surface area (Å²) < 4.78 is 10.1. The molecule has 0 radical (unpaired) electrons. The molecule has 0 amide bonds. The van der Waals surface area contributed by atoms with Crippen molar-refractivity contribution in [1.29, 1.82) is 0 Å². The van der Waals surface area contributed by atoms with Crippen molar-refractivity contribution >= 4 is 22.5 Å². The molecule has 0 aliphatic heterocycles. The van der Waals surface area contributed by atoms with Gasteiger partial charge in [0.15, 0.2) is 16.9 Å². The predicted octanol–water partition coefficient (Wildman–Crippen LogP) is 3.83. The highest BCUT2D eigenvalue weighted by Crippen LogP contribution is 2.25. The van der Waals surface area contributed by atoms with Gasteiger partial charge >= 0.3 is 5.69 Å². The van der Waals surface area contributed by atoms with Gasteiger partial charge in [0.1, 0.15) is 5.69 Å². The van der Waals surface area contributed by atoms with Crippen molar-refractivity contribution in [1.82, 2.24) is 23.8 Å². The van der Waals surface area contributed by atoms with Crippen molar-refractivity contribution < 1.29 is 4.52 Å². The number of thiophene rings is 1. The van der Waals surface area contributed by atoms with Crippen LogP contribution >= 0.6 is 11.3 Å². The molecule has 4 aromatic heterocycles. The monoisotopic (exact) mass is 461 g/mol. The van der Waals surface area contributed by atoms with E-state index >= 15 is 0 Å². The molecule has 0 fully saturated rings. The first-order valence-corrected chi connectivity index (χ1v) is 11.6. The van der Waals surface area contributed by atoms with Crippen LogP contribution in [0.3, 0.4) is 0 Å². The van der Waals surface area contributed by atoms with Crippen molar-refractivity contribution in [2.75, 3.05) is 0 Å². The number of aromatic nitrogens is 5. The molecule has 0 aliphatic rings. The molecule has 0 saturated carbocycles. The number of hydrogen-bond donors (Lipinski definition) is 0. The standard InChI is InChI=1S/C24H23N5O3S/c1-16(2)12-27-15-25-22-21(27)23(30)29(24(31)28(22)13-17-7-4-3-5-8-17)14-18-11-19(32-26-18)20-9-6-10-33-20/h3-11,15-16H,12-14H2,1-2H3. The van der Waals surface area contributed by atoms with Gasteiger partial charge in [-0.05, 0) is 22.9 Å². The van der Waals surface area contributed by atoms with Crippen LogP contribution in [0.1, 0.15) is 25.1 Å². The molecule has 0 bridgehead atoms. The van der Waals surface area contributed by atoms with E-state index < -0.39 is 5.69 Å². The summed E-state index contributed by atoms with van der Waals surface area (Å²) in [5.74, 6) is 0.928. The molecule has 5 aromatic rings. The Balaban J connectivity index is 1.64. The summed E-state index contributed by atoms with van der Waals surface area (Å²) in [6.07, 6.45) is 1.64. The zero-order valence-corrected chi connectivity index (χ0v) is 19.2. The minimum absolute atomic E-state index is 0.0180. The first-order valence-electron chi connectivity index (χ1n) is 10.7. The summed E-state index contributed by atoms with van der Waals surface area (Å²) in [6, 6.07) is 15.3. The van der Waals surface area contributed by atoms with E-state index in [1.54, 1.807) is 17.0 Å². The molecule has 168 valence electrons. The number of rotatable bonds is 7. The third-order valence-electron chi connectivity index (χ3n) is 5.37. The number of fused-ring (bicyclic) bond motifs is 1. The summed E-state index contributed by atoms with van der Waals surface area (Å²) in [7, 11) is 0. The third-order valence-corrected chi connectivity index (χ3v) is 6.26. The highest BCUT2D eigenvalue weighted by molar-refractivity contribution is 7.13. The molecule has 0 N–H and O–H groups in total. The van der Waals surface area contributed by atoms with E-state index in [0.29, 0.717) is 41.6 Å². The average molecular weight is 462 g/mol. The molecule has 9 heteroatoms. The summed E-state index contributed by atoms with van der Waals surface area (Å²) in [6.45, 7) is 5.11. The first-order chi connectivity index (χ1) is 16.0. The maximum atomic E-state index is 13.5. The van der Waals surface area contributed by atoms with Crippen LogP contribution in [-0.4, -0.2) is 23.8 Å². The molecular formula is C24H23N5O3S. The van der Waals surface area contributed by atoms with Crippen LogP contribution in [0.5, 0.6) is 0 Å². The van der Waals surface area contributed by atoms with E-state index in [-0.39, 0.29) is 12.1 Å². The zero-order chi connectivity index (χ0) is 22.9. The van der Waals surface area contributed by atoms with Gasteiger partial charge in [0.25, 0.3) is 5.56 Å². The van der Waals surface area contributed by atoms with Crippen LogP contribution in [0.15, 0.2) is 74.4 Å². The van der Waals surface area contributed by atoms with Crippen molar-refractivity contribution in [2.45, 2.75) is 33.5 Å². The summed E-state index contributed by atoms with van der Waals surface area (Å²) >= 11 is 1.54. The maximum Gasteiger partial charge on any atom is 0.333 e. The van der Waals surface area contributed by atoms with Crippen LogP contribution in [0, 0.1) is 5.92 Å². The Labute approximate surface area is 193 Å². The molecular weight excluding hydrogens is 438 g/mol. The fraction of sp³-hybridized carbons (Fsp3) is 0.250. The van der Waals surface area contributed by atoms with E-state index in [1.807, 2.05) is 52.4 Å². The normalized spacial score (nSPS) is 11.6. The van der Waals surface area contributed by atoms with Crippen LogP contribution in [-0.2, 0) is 19.6 Å². The van der Waals surface area contributed by atoms with E-state index in [2.05, 4.69) is 24.0 Å². The van der Waals surface area contributed by atoms with Gasteiger partial charge in [-0.2, -0.15) is 0 Å². The van der Waals surface area contributed by atoms with Gasteiger partial charge in [0.05, 0.1) is 24.3 Å². The van der Waals surface area contributed by atoms with Crippen molar-refractivity contribution in [2.24, 2.45) is 5.92 Å². The lowest BCUT2D eigenvalue weighted by Gasteiger charge is -2.13. The number of hydrogen-bond acceptors (Lipinski definition) is 6. The van der Waals surface area contributed by atoms with Gasteiger partial charge in [-0.1, -0.05) is 55.4 Å². The van der Waals surface area contributed by atoms with Gasteiger partial charge in [0, 0.05) is 12.6 Å². The van der Waals surface area contributed by atoms with Crippen molar-refractivity contribution in [3.8, 4) is 10.6 Å². The molecule has 0 aliphatic carbocycles. The lowest BCUT2D eigenvalue weighted by molar-refractivity contribution is 0.420. The van der Waals surface area contributed by atoms with Crippen LogP contribution in [0.2, 0.25) is 0 Å². The Morgan fingerprint density at radius 2 is 1.85 bits per heavy atom. The predicted molar refractivity (Wildman–Crippen MR) is 128 cm³/mol. The molecule has 5 rings (SSSR count). The van der Waals surface area contributed by atoms with E-state index in [0.717, 1.165) is 10.4 Å². The maximum absolute atomic E-state index is 13.5. The van der Waals surface area contributed by atoms with Gasteiger partial charge < -0.3 is 9.09 Å². The lowest BCUT2D eigenvalue weighted by Crippen LogP contribution is -2.41. The molecule has 0 saturated heterocycles. The highest BCUT2D eigenvalue weighted by Gasteiger charge is 2.20. The minimum atomic E-state index is -0.424. The molecule has 8 nitrogen and oxygen atoms in total. The quantitative estimate of drug-likeness (QED) is 0.368. The van der Waals surface area contributed by atoms with Crippen LogP contribution in [0.4, 0.5) is 0 Å². The Hall–Kier alpha value is -3.72. The first kappa shape index (κ1) is 21.1. The van der Waals surface area contributed by atoms with E-state index in [1.165, 1.54) is 15.9 Å². The van der Waals surface area contributed by atoms with Crippen molar-refractivity contribution in [3.63, 3.8) is 0 Å². The van der Waals surface area contributed by atoms with E-state index in [4.69, 9.17) is 4.52 Å². The van der Waals surface area contributed by atoms with Crippen LogP contribution in [0.25, 0.3) is 21.8 Å². The molecule has 0 unspecified atom stereocenters. The molecule has 1 aromatic carbocycles. The zero-order valence-electron chi connectivity index (χ0n) is 18.3. The number of imidazole rings is 1. The molecule has 0 spiro atoms. The fourth-order valence-corrected chi connectivity index (χ4v) is 4.57. The topological polar surface area (TPSA) is 87.8 Å². The summed E-state index contributed by atoms with van der Waals surface area (Å²) in [4.78, 5) is 32.4. The number of nitrogens with zero attached hydrogens (tertiary/aromatic N) is 5. The van der Waals surface area contributed by atoms with E-state index in [9.17, 15) is 9.59 Å². The second-order valence-corrected chi connectivity index (χ2v) is 9.32. The SMILES string of the molecule is CC(C)Cn1cnc2c1c(=O)n(Cc1cc(-c3cccs3)on1)c(=O)n2Cc1ccccc1. The molecule has 33 heavy (non-hydrogen) atoms. The molecule has 4 heterocycles. The average Bonchev–Trinajstić information content (AvgIpc) is 3.55. The number of benzene rings is 1. The highest BCUT2D eigenvalue weighted by atomic mass is 32.1. The smallest absolute Gasteiger partial charge is 0.333 e. The Morgan fingerprint density at radius 3 is 2.58 bits per heavy atom. The fourth-order valence-electron chi connectivity index (χ4n) is 3.90. The minimum Gasteiger partial charge on any atom is -0.355 e. The van der Waals surface area contributed by atoms with Gasteiger partial charge in [-0.15, -0.1) is 11.3 Å². The van der Waals surface area contributed by atoms with Crippen molar-refractivity contribution in [3.05, 3.63) is 92.3 Å². The Morgan fingerprint density at radius 1 is 1.03 bits per heavy atom. The van der Waals surface area contributed by atoms with Crippen LogP contribution < -0.4 is 11.2 Å².